The van der Waals surface area contributed by atoms with E-state index in [-0.39, 0.29) is 31.1 Å². The highest BCUT2D eigenvalue weighted by Crippen LogP contribution is 2.44. The van der Waals surface area contributed by atoms with Gasteiger partial charge < -0.3 is 35.4 Å². The van der Waals surface area contributed by atoms with E-state index >= 15 is 0 Å². The quantitative estimate of drug-likeness (QED) is 0.392. The number of likely N-dealkylation sites (tertiary alicyclic amines) is 1. The highest BCUT2D eigenvalue weighted by atomic mass is 16.6. The molecule has 11 nitrogen and oxygen atoms in total. The summed E-state index contributed by atoms with van der Waals surface area (Å²) < 4.78 is 10.8. The van der Waals surface area contributed by atoms with Gasteiger partial charge in [-0.2, -0.15) is 0 Å². The number of carbonyl (C=O) groups excluding carboxylic acids is 3. The van der Waals surface area contributed by atoms with E-state index < -0.39 is 29.7 Å². The maximum absolute atomic E-state index is 12.5. The number of hydrogen-bond donors (Lipinski definition) is 4. The Morgan fingerprint density at radius 1 is 1.00 bits per heavy atom. The summed E-state index contributed by atoms with van der Waals surface area (Å²) >= 11 is 0. The number of nitrogens with zero attached hydrogens (tertiary/aromatic N) is 1. The van der Waals surface area contributed by atoms with Gasteiger partial charge in [-0.1, -0.05) is 48.5 Å². The first-order valence-corrected chi connectivity index (χ1v) is 13.4. The van der Waals surface area contributed by atoms with Crippen molar-refractivity contribution in [3.63, 3.8) is 0 Å². The van der Waals surface area contributed by atoms with Gasteiger partial charge in [0.1, 0.15) is 18.2 Å². The number of nitrogens with one attached hydrogen (secondary N) is 3. The number of alkyl carbamates (subject to hydrolysis) is 1. The average Bonchev–Trinajstić information content (AvgIpc) is 3.51. The van der Waals surface area contributed by atoms with Gasteiger partial charge in [0.05, 0.1) is 6.54 Å². The molecular formula is C29H36N4O7. The minimum Gasteiger partial charge on any atom is -0.480 e. The van der Waals surface area contributed by atoms with E-state index in [4.69, 9.17) is 9.47 Å². The second kappa shape index (κ2) is 12.3. The minimum absolute atomic E-state index is 0.0435. The van der Waals surface area contributed by atoms with Crippen LogP contribution in [0.3, 0.4) is 0 Å². The van der Waals surface area contributed by atoms with Crippen molar-refractivity contribution in [3.8, 4) is 11.1 Å². The number of fused-ring (bicyclic) bond motifs is 3. The van der Waals surface area contributed by atoms with Crippen molar-refractivity contribution in [2.24, 2.45) is 5.92 Å². The van der Waals surface area contributed by atoms with Gasteiger partial charge in [-0.25, -0.2) is 19.2 Å². The third-order valence-corrected chi connectivity index (χ3v) is 6.89. The van der Waals surface area contributed by atoms with Gasteiger partial charge in [-0.3, -0.25) is 0 Å². The van der Waals surface area contributed by atoms with Crippen LogP contribution in [-0.4, -0.2) is 78.6 Å². The molecule has 0 unspecified atom stereocenters. The number of carbonyl (C=O) groups is 4. The number of hydrogen-bond acceptors (Lipinski definition) is 6. The summed E-state index contributed by atoms with van der Waals surface area (Å²) in [4.78, 5) is 50.3. The molecule has 0 aromatic heterocycles. The molecule has 2 aromatic rings. The molecule has 1 aliphatic heterocycles. The summed E-state index contributed by atoms with van der Waals surface area (Å²) in [6, 6.07) is 13.8. The molecule has 1 saturated heterocycles. The standard InChI is InChI=1S/C29H36N4O7/c1-29(2,3)40-28(38)33-13-12-18(16-33)14-30-26(36)31-15-24(25(34)35)32-27(37)39-17-23-21-10-6-4-8-19(21)20-9-5-7-11-22(20)23/h4-11,18,23-24H,12-17H2,1-3H3,(H,32,37)(H,34,35)(H2,30,31,36)/t18-,24+/m1/s1. The lowest BCUT2D eigenvalue weighted by Gasteiger charge is -2.24. The summed E-state index contributed by atoms with van der Waals surface area (Å²) in [5, 5.41) is 17.0. The van der Waals surface area contributed by atoms with E-state index in [2.05, 4.69) is 16.0 Å². The van der Waals surface area contributed by atoms with Crippen molar-refractivity contribution < 1.29 is 33.8 Å². The van der Waals surface area contributed by atoms with E-state index in [0.717, 1.165) is 22.3 Å². The van der Waals surface area contributed by atoms with Crippen LogP contribution in [0, 0.1) is 5.92 Å². The van der Waals surface area contributed by atoms with Crippen LogP contribution >= 0.6 is 0 Å². The third-order valence-electron chi connectivity index (χ3n) is 6.89. The first kappa shape index (κ1) is 28.7. The molecule has 0 saturated carbocycles. The molecule has 1 fully saturated rings. The molecule has 0 radical (unpaired) electrons. The van der Waals surface area contributed by atoms with E-state index in [9.17, 15) is 24.3 Å². The third kappa shape index (κ3) is 7.22. The van der Waals surface area contributed by atoms with Crippen LogP contribution in [0.25, 0.3) is 11.1 Å². The smallest absolute Gasteiger partial charge is 0.410 e. The Labute approximate surface area is 233 Å². The Morgan fingerprint density at radius 2 is 1.62 bits per heavy atom. The van der Waals surface area contributed by atoms with Crippen molar-refractivity contribution in [1.82, 2.24) is 20.9 Å². The predicted octanol–water partition coefficient (Wildman–Crippen LogP) is 3.53. The van der Waals surface area contributed by atoms with Gasteiger partial charge in [-0.15, -0.1) is 0 Å². The van der Waals surface area contributed by atoms with Crippen molar-refractivity contribution in [2.75, 3.05) is 32.8 Å². The molecule has 4 rings (SSSR count). The zero-order chi connectivity index (χ0) is 28.9. The Hall–Kier alpha value is -4.28. The number of amides is 4. The SMILES string of the molecule is CC(C)(C)OC(=O)N1CC[C@H](CNC(=O)NC[C@H](NC(=O)OCC2c3ccccc3-c3ccccc32)C(=O)O)C1. The van der Waals surface area contributed by atoms with Crippen molar-refractivity contribution in [2.45, 2.75) is 44.8 Å². The summed E-state index contributed by atoms with van der Waals surface area (Å²) in [6.45, 7) is 6.42. The fourth-order valence-electron chi connectivity index (χ4n) is 4.97. The second-order valence-electron chi connectivity index (χ2n) is 11.0. The van der Waals surface area contributed by atoms with Crippen molar-refractivity contribution in [3.05, 3.63) is 59.7 Å². The van der Waals surface area contributed by atoms with Crippen molar-refractivity contribution in [1.29, 1.82) is 0 Å². The molecule has 1 aliphatic carbocycles. The molecular weight excluding hydrogens is 516 g/mol. The molecule has 1 heterocycles. The van der Waals surface area contributed by atoms with Crippen LogP contribution in [0.15, 0.2) is 48.5 Å². The summed E-state index contributed by atoms with van der Waals surface area (Å²) in [7, 11) is 0. The van der Waals surface area contributed by atoms with E-state index in [1.807, 2.05) is 48.5 Å². The first-order valence-electron chi connectivity index (χ1n) is 13.4. The summed E-state index contributed by atoms with van der Waals surface area (Å²) in [5.41, 5.74) is 3.67. The molecule has 0 bridgehead atoms. The molecule has 40 heavy (non-hydrogen) atoms. The molecule has 0 spiro atoms. The molecule has 214 valence electrons. The van der Waals surface area contributed by atoms with Crippen LogP contribution in [0.1, 0.15) is 44.2 Å². The second-order valence-corrected chi connectivity index (χ2v) is 11.0. The lowest BCUT2D eigenvalue weighted by molar-refractivity contribution is -0.139. The highest BCUT2D eigenvalue weighted by Gasteiger charge is 2.31. The molecule has 2 aromatic carbocycles. The van der Waals surface area contributed by atoms with Gasteiger partial charge in [0.2, 0.25) is 0 Å². The first-order chi connectivity index (χ1) is 19.0. The Balaban J connectivity index is 1.21. The monoisotopic (exact) mass is 552 g/mol. The van der Waals surface area contributed by atoms with E-state index in [1.54, 1.807) is 25.7 Å². The average molecular weight is 553 g/mol. The molecule has 11 heteroatoms. The lowest BCUT2D eigenvalue weighted by atomic mass is 9.98. The number of carboxylic acid groups (broad SMARTS) is 1. The van der Waals surface area contributed by atoms with Crippen LogP contribution < -0.4 is 16.0 Å². The maximum Gasteiger partial charge on any atom is 0.410 e. The highest BCUT2D eigenvalue weighted by molar-refractivity contribution is 5.82. The maximum atomic E-state index is 12.5. The Bertz CT molecular complexity index is 1210. The topological polar surface area (TPSA) is 146 Å². The van der Waals surface area contributed by atoms with Gasteiger partial charge in [0, 0.05) is 25.6 Å². The van der Waals surface area contributed by atoms with Gasteiger partial charge in [0.25, 0.3) is 0 Å². The normalized spacial score (nSPS) is 16.9. The van der Waals surface area contributed by atoms with Crippen LogP contribution in [0.4, 0.5) is 14.4 Å². The number of urea groups is 1. The Kier molecular flexibility index (Phi) is 8.81. The Morgan fingerprint density at radius 3 is 2.23 bits per heavy atom. The van der Waals surface area contributed by atoms with Crippen molar-refractivity contribution >= 4 is 24.2 Å². The van der Waals surface area contributed by atoms with E-state index in [0.29, 0.717) is 26.1 Å². The van der Waals surface area contributed by atoms with Crippen LogP contribution in [0.2, 0.25) is 0 Å². The van der Waals surface area contributed by atoms with Gasteiger partial charge >= 0.3 is 24.2 Å². The molecule has 2 aliphatic rings. The van der Waals surface area contributed by atoms with Gasteiger partial charge in [-0.05, 0) is 55.4 Å². The fourth-order valence-corrected chi connectivity index (χ4v) is 4.97. The van der Waals surface area contributed by atoms with E-state index in [1.165, 1.54) is 0 Å². The number of aliphatic carboxylic acids is 1. The minimum atomic E-state index is -1.38. The molecule has 4 N–H and O–H groups in total. The number of carboxylic acids is 1. The fraction of sp³-hybridized carbons (Fsp3) is 0.448. The van der Waals surface area contributed by atoms with Gasteiger partial charge in [0.15, 0.2) is 0 Å². The zero-order valence-electron chi connectivity index (χ0n) is 22.9. The summed E-state index contributed by atoms with van der Waals surface area (Å²) in [5.74, 6) is -1.42. The lowest BCUT2D eigenvalue weighted by Crippen LogP contribution is -2.50. The largest absolute Gasteiger partial charge is 0.480 e. The number of benzene rings is 2. The van der Waals surface area contributed by atoms with Crippen LogP contribution in [0.5, 0.6) is 0 Å². The summed E-state index contributed by atoms with van der Waals surface area (Å²) in [6.07, 6.45) is -0.562. The molecule has 2 atom stereocenters. The predicted molar refractivity (Wildman–Crippen MR) is 147 cm³/mol. The molecule has 4 amide bonds. The van der Waals surface area contributed by atoms with Crippen LogP contribution in [-0.2, 0) is 14.3 Å². The number of rotatable bonds is 8. The zero-order valence-corrected chi connectivity index (χ0v) is 22.9. The number of ether oxygens (including phenoxy) is 2.